The lowest BCUT2D eigenvalue weighted by Crippen LogP contribution is -2.32. The molecule has 0 saturated carbocycles. The third-order valence-corrected chi connectivity index (χ3v) is 6.93. The zero-order valence-corrected chi connectivity index (χ0v) is 16.4. The largest absolute Gasteiger partial charge is 0.341 e. The number of likely N-dealkylation sites (tertiary alicyclic amines) is 1. The Bertz CT molecular complexity index is 731. The van der Waals surface area contributed by atoms with Crippen molar-refractivity contribution < 1.29 is 4.79 Å². The van der Waals surface area contributed by atoms with E-state index in [0.29, 0.717) is 5.92 Å². The molecule has 3 nitrogen and oxygen atoms in total. The normalized spacial score (nSPS) is 20.1. The fraction of sp³-hybridized carbons (Fsp3) is 0.500. The Hall–Kier alpha value is -1.65. The minimum Gasteiger partial charge on any atom is -0.341 e. The van der Waals surface area contributed by atoms with Gasteiger partial charge in [0.15, 0.2) is 0 Å². The van der Waals surface area contributed by atoms with Crippen molar-refractivity contribution in [1.29, 1.82) is 0 Å². The monoisotopic (exact) mass is 368 g/mol. The molecule has 4 rings (SSSR count). The van der Waals surface area contributed by atoms with Gasteiger partial charge >= 0.3 is 0 Å². The van der Waals surface area contributed by atoms with Gasteiger partial charge in [0.1, 0.15) is 0 Å². The summed E-state index contributed by atoms with van der Waals surface area (Å²) < 4.78 is 0. The highest BCUT2D eigenvalue weighted by atomic mass is 32.1. The van der Waals surface area contributed by atoms with Crippen LogP contribution in [-0.4, -0.2) is 42.4 Å². The van der Waals surface area contributed by atoms with Gasteiger partial charge in [-0.05, 0) is 61.8 Å². The van der Waals surface area contributed by atoms with Crippen LogP contribution in [0.25, 0.3) is 0 Å². The first-order valence-electron chi connectivity index (χ1n) is 9.82. The van der Waals surface area contributed by atoms with E-state index in [2.05, 4.69) is 41.3 Å². The summed E-state index contributed by atoms with van der Waals surface area (Å²) in [5.41, 5.74) is 2.80. The Kier molecular flexibility index (Phi) is 5.41. The quantitative estimate of drug-likeness (QED) is 0.789. The molecule has 0 N–H and O–H groups in total. The number of rotatable bonds is 5. The number of carbonyl (C=O) groups is 1. The van der Waals surface area contributed by atoms with Crippen LogP contribution in [0.1, 0.15) is 44.9 Å². The molecular formula is C22H28N2OS. The fourth-order valence-corrected chi connectivity index (χ4v) is 5.55. The van der Waals surface area contributed by atoms with E-state index >= 15 is 0 Å². The number of thiophene rings is 1. The summed E-state index contributed by atoms with van der Waals surface area (Å²) in [4.78, 5) is 19.7. The van der Waals surface area contributed by atoms with Crippen molar-refractivity contribution in [2.45, 2.75) is 38.6 Å². The highest BCUT2D eigenvalue weighted by Crippen LogP contribution is 2.30. The van der Waals surface area contributed by atoms with Crippen molar-refractivity contribution in [2.75, 3.05) is 26.7 Å². The number of nitrogens with zero attached hydrogens (tertiary/aromatic N) is 2. The summed E-state index contributed by atoms with van der Waals surface area (Å²) >= 11 is 1.73. The molecule has 1 saturated heterocycles. The van der Waals surface area contributed by atoms with Crippen molar-refractivity contribution in [2.24, 2.45) is 5.92 Å². The Labute approximate surface area is 160 Å². The Balaban J connectivity index is 1.31. The smallest absolute Gasteiger partial charge is 0.263 e. The minimum absolute atomic E-state index is 0.214. The summed E-state index contributed by atoms with van der Waals surface area (Å²) in [6.07, 6.45) is 6.04. The van der Waals surface area contributed by atoms with Crippen LogP contribution in [-0.2, 0) is 19.4 Å². The topological polar surface area (TPSA) is 23.6 Å². The van der Waals surface area contributed by atoms with Crippen molar-refractivity contribution in [3.8, 4) is 0 Å². The first-order valence-corrected chi connectivity index (χ1v) is 10.6. The first kappa shape index (κ1) is 17.7. The summed E-state index contributed by atoms with van der Waals surface area (Å²) in [6, 6.07) is 12.8. The molecule has 0 radical (unpaired) electrons. The molecule has 1 atom stereocenters. The van der Waals surface area contributed by atoms with Gasteiger partial charge in [0.2, 0.25) is 0 Å². The van der Waals surface area contributed by atoms with Gasteiger partial charge in [-0.25, -0.2) is 0 Å². The first-order chi connectivity index (χ1) is 12.7. The van der Waals surface area contributed by atoms with E-state index in [1.165, 1.54) is 35.3 Å². The molecule has 1 aromatic heterocycles. The highest BCUT2D eigenvalue weighted by molar-refractivity contribution is 7.14. The maximum absolute atomic E-state index is 12.8. The van der Waals surface area contributed by atoms with E-state index < -0.39 is 0 Å². The van der Waals surface area contributed by atoms with Gasteiger partial charge in [0, 0.05) is 31.6 Å². The number of hydrogen-bond acceptors (Lipinski definition) is 3. The lowest BCUT2D eigenvalue weighted by molar-refractivity contribution is 0.0778. The Morgan fingerprint density at radius 3 is 2.85 bits per heavy atom. The maximum atomic E-state index is 12.8. The third kappa shape index (κ3) is 4.02. The number of carbonyl (C=O) groups excluding carboxylic acids is 1. The maximum Gasteiger partial charge on any atom is 0.263 e. The zero-order chi connectivity index (χ0) is 17.9. The van der Waals surface area contributed by atoms with Gasteiger partial charge in [-0.1, -0.05) is 30.3 Å². The second kappa shape index (κ2) is 7.93. The van der Waals surface area contributed by atoms with Crippen molar-refractivity contribution in [3.63, 3.8) is 0 Å². The molecular weight excluding hydrogens is 340 g/mol. The van der Waals surface area contributed by atoms with E-state index in [0.717, 1.165) is 43.9 Å². The predicted octanol–water partition coefficient (Wildman–Crippen LogP) is 4.22. The molecule has 0 unspecified atom stereocenters. The summed E-state index contributed by atoms with van der Waals surface area (Å²) in [6.45, 7) is 4.11. The average Bonchev–Trinajstić information content (AvgIpc) is 3.28. The van der Waals surface area contributed by atoms with Crippen LogP contribution in [0.2, 0.25) is 0 Å². The molecule has 1 fully saturated rings. The lowest BCUT2D eigenvalue weighted by atomic mass is 9.99. The average molecular weight is 369 g/mol. The molecule has 0 bridgehead atoms. The van der Waals surface area contributed by atoms with Crippen LogP contribution < -0.4 is 0 Å². The van der Waals surface area contributed by atoms with Gasteiger partial charge in [0.25, 0.3) is 5.91 Å². The van der Waals surface area contributed by atoms with Crippen molar-refractivity contribution in [1.82, 2.24) is 9.80 Å². The van der Waals surface area contributed by atoms with Crippen LogP contribution in [0.15, 0.2) is 36.4 Å². The predicted molar refractivity (Wildman–Crippen MR) is 108 cm³/mol. The minimum atomic E-state index is 0.214. The molecule has 1 aliphatic carbocycles. The molecule has 4 heteroatoms. The molecule has 1 amide bonds. The van der Waals surface area contributed by atoms with E-state index in [1.807, 2.05) is 11.9 Å². The zero-order valence-electron chi connectivity index (χ0n) is 15.6. The van der Waals surface area contributed by atoms with Crippen LogP contribution in [0, 0.1) is 5.92 Å². The lowest BCUT2D eigenvalue weighted by Gasteiger charge is -2.21. The van der Waals surface area contributed by atoms with Gasteiger partial charge in [-0.15, -0.1) is 11.3 Å². The van der Waals surface area contributed by atoms with E-state index in [9.17, 15) is 4.79 Å². The van der Waals surface area contributed by atoms with Crippen LogP contribution in [0.3, 0.4) is 0 Å². The summed E-state index contributed by atoms with van der Waals surface area (Å²) in [5.74, 6) is 0.799. The van der Waals surface area contributed by atoms with Gasteiger partial charge in [0.05, 0.1) is 4.88 Å². The Morgan fingerprint density at radius 1 is 1.23 bits per heavy atom. The fourth-order valence-electron chi connectivity index (χ4n) is 4.30. The number of hydrogen-bond donors (Lipinski definition) is 0. The van der Waals surface area contributed by atoms with Crippen LogP contribution >= 0.6 is 11.3 Å². The third-order valence-electron chi connectivity index (χ3n) is 5.71. The molecule has 138 valence electrons. The van der Waals surface area contributed by atoms with Crippen LogP contribution in [0.5, 0.6) is 0 Å². The molecule has 26 heavy (non-hydrogen) atoms. The highest BCUT2D eigenvalue weighted by Gasteiger charge is 2.26. The summed E-state index contributed by atoms with van der Waals surface area (Å²) in [7, 11) is 1.97. The van der Waals surface area contributed by atoms with Crippen LogP contribution in [0.4, 0.5) is 0 Å². The number of benzene rings is 1. The standard InChI is InChI=1S/C22H28N2OS/c1-23(22(25)21-13-19-9-5-6-10-20(19)26-21)14-18-11-12-24(16-18)15-17-7-3-2-4-8-17/h2-4,7-8,13,18H,5-6,9-12,14-16H2,1H3/t18-/m1/s1. The second-order valence-corrected chi connectivity index (χ2v) is 8.96. The molecule has 0 spiro atoms. The molecule has 2 aliphatic rings. The second-order valence-electron chi connectivity index (χ2n) is 7.83. The Morgan fingerprint density at radius 2 is 2.04 bits per heavy atom. The number of amides is 1. The molecule has 1 aliphatic heterocycles. The number of fused-ring (bicyclic) bond motifs is 1. The van der Waals surface area contributed by atoms with E-state index in [1.54, 1.807) is 11.3 Å². The summed E-state index contributed by atoms with van der Waals surface area (Å²) in [5, 5.41) is 0. The number of aryl methyl sites for hydroxylation is 2. The van der Waals surface area contributed by atoms with E-state index in [-0.39, 0.29) is 5.91 Å². The van der Waals surface area contributed by atoms with Gasteiger partial charge in [-0.3, -0.25) is 9.69 Å². The van der Waals surface area contributed by atoms with Crippen molar-refractivity contribution >= 4 is 17.2 Å². The van der Waals surface area contributed by atoms with Gasteiger partial charge in [-0.2, -0.15) is 0 Å². The van der Waals surface area contributed by atoms with Crippen molar-refractivity contribution in [3.05, 3.63) is 57.3 Å². The SMILES string of the molecule is CN(C[C@H]1CCN(Cc2ccccc2)C1)C(=O)c1cc2c(s1)CCCC2. The van der Waals surface area contributed by atoms with Gasteiger partial charge < -0.3 is 4.90 Å². The molecule has 2 aromatic rings. The van der Waals surface area contributed by atoms with E-state index in [4.69, 9.17) is 0 Å². The molecule has 1 aromatic carbocycles. The molecule has 2 heterocycles.